The van der Waals surface area contributed by atoms with Crippen molar-refractivity contribution in [1.82, 2.24) is 9.62 Å². The van der Waals surface area contributed by atoms with Gasteiger partial charge in [0.1, 0.15) is 17.3 Å². The summed E-state index contributed by atoms with van der Waals surface area (Å²) >= 11 is 6.15. The topological polar surface area (TPSA) is 84.9 Å². The summed E-state index contributed by atoms with van der Waals surface area (Å²) in [4.78, 5) is 14.3. The average molecular weight is 479 g/mol. The fraction of sp³-hybridized carbons (Fsp3) is 0.348. The monoisotopic (exact) mass is 478 g/mol. The van der Waals surface area contributed by atoms with E-state index >= 15 is 0 Å². The molecule has 9 heteroatoms. The van der Waals surface area contributed by atoms with Crippen LogP contribution >= 0.6 is 11.6 Å². The van der Waals surface area contributed by atoms with E-state index in [4.69, 9.17) is 21.1 Å². The van der Waals surface area contributed by atoms with Gasteiger partial charge in [-0.15, -0.1) is 0 Å². The summed E-state index contributed by atoms with van der Waals surface area (Å²) in [5.41, 5.74) is 1.15. The fourth-order valence-electron chi connectivity index (χ4n) is 3.34. The lowest BCUT2D eigenvalue weighted by molar-refractivity contribution is 0.0785. The number of nitrogens with zero attached hydrogens (tertiary/aromatic N) is 1. The average Bonchev–Trinajstić information content (AvgIpc) is 3.31. The molecule has 2 aromatic carbocycles. The van der Waals surface area contributed by atoms with E-state index in [1.807, 2.05) is 24.3 Å². The molecule has 3 rings (SSSR count). The molecule has 7 nitrogen and oxygen atoms in total. The highest BCUT2D eigenvalue weighted by atomic mass is 35.5. The van der Waals surface area contributed by atoms with Crippen molar-refractivity contribution < 1.29 is 22.7 Å². The quantitative estimate of drug-likeness (QED) is 0.527. The summed E-state index contributed by atoms with van der Waals surface area (Å²) in [7, 11) is -2.23. The van der Waals surface area contributed by atoms with Crippen molar-refractivity contribution in [3.8, 4) is 5.75 Å². The summed E-state index contributed by atoms with van der Waals surface area (Å²) in [6.45, 7) is 5.18. The van der Waals surface area contributed by atoms with Crippen LogP contribution in [0.15, 0.2) is 60.0 Å². The van der Waals surface area contributed by atoms with Crippen molar-refractivity contribution in [3.05, 3.63) is 71.3 Å². The highest BCUT2D eigenvalue weighted by Crippen LogP contribution is 2.24. The molecular formula is C23H27ClN2O5S. The number of sulfonamides is 1. The fourth-order valence-corrected chi connectivity index (χ4v) is 4.93. The molecule has 1 saturated heterocycles. The second-order valence-corrected chi connectivity index (χ2v) is 9.68. The maximum Gasteiger partial charge on any atom is 0.253 e. The lowest BCUT2D eigenvalue weighted by atomic mass is 10.1. The van der Waals surface area contributed by atoms with Crippen LogP contribution < -0.4 is 9.46 Å². The van der Waals surface area contributed by atoms with E-state index in [1.54, 1.807) is 13.1 Å². The first-order valence-electron chi connectivity index (χ1n) is 10.3. The molecule has 32 heavy (non-hydrogen) atoms. The number of ether oxygens (including phenoxy) is 2. The maximum atomic E-state index is 12.9. The Kier molecular flexibility index (Phi) is 8.31. The minimum absolute atomic E-state index is 0.0548. The van der Waals surface area contributed by atoms with Gasteiger partial charge in [-0.2, -0.15) is 0 Å². The molecule has 0 spiro atoms. The molecule has 1 amide bonds. The van der Waals surface area contributed by atoms with Crippen molar-refractivity contribution in [1.29, 1.82) is 0 Å². The van der Waals surface area contributed by atoms with Crippen molar-refractivity contribution >= 4 is 27.5 Å². The zero-order valence-electron chi connectivity index (χ0n) is 17.9. The first-order chi connectivity index (χ1) is 15.3. The Morgan fingerprint density at radius 2 is 2.06 bits per heavy atom. The van der Waals surface area contributed by atoms with Crippen LogP contribution in [-0.4, -0.2) is 52.1 Å². The lowest BCUT2D eigenvalue weighted by Gasteiger charge is -2.19. The molecule has 0 saturated carbocycles. The minimum Gasteiger partial charge on any atom is -0.490 e. The smallest absolute Gasteiger partial charge is 0.253 e. The molecule has 1 N–H and O–H groups in total. The molecule has 172 valence electrons. The number of halogens is 1. The van der Waals surface area contributed by atoms with Gasteiger partial charge in [-0.3, -0.25) is 4.79 Å². The highest BCUT2D eigenvalue weighted by Gasteiger charge is 2.24. The molecule has 0 aromatic heterocycles. The molecule has 2 aromatic rings. The van der Waals surface area contributed by atoms with Gasteiger partial charge in [-0.1, -0.05) is 36.4 Å². The Labute approximate surface area is 194 Å². The van der Waals surface area contributed by atoms with Gasteiger partial charge in [0.15, 0.2) is 0 Å². The van der Waals surface area contributed by atoms with Crippen LogP contribution in [0.2, 0.25) is 5.02 Å². The van der Waals surface area contributed by atoms with Gasteiger partial charge in [0.05, 0.1) is 11.1 Å². The first kappa shape index (κ1) is 24.3. The molecule has 1 aliphatic heterocycles. The number of benzene rings is 2. The largest absolute Gasteiger partial charge is 0.490 e. The Hall–Kier alpha value is -2.39. The molecule has 0 bridgehead atoms. The number of hydrogen-bond donors (Lipinski definition) is 1. The van der Waals surface area contributed by atoms with Crippen molar-refractivity contribution in [3.63, 3.8) is 0 Å². The van der Waals surface area contributed by atoms with Crippen molar-refractivity contribution in [2.75, 3.05) is 26.8 Å². The molecule has 1 fully saturated rings. The number of carbonyl (C=O) groups is 1. The standard InChI is InChI=1S/C23H27ClN2O5S/c1-3-12-30-19-9-6-17(7-10-19)16-26(2)23(27)18-8-11-21(24)22(14-18)32(28,29)25-15-20-5-4-13-31-20/h3,6-11,14,20,25H,1,4-5,12-13,15-16H2,2H3. The summed E-state index contributed by atoms with van der Waals surface area (Å²) in [5.74, 6) is 0.398. The minimum atomic E-state index is -3.89. The van der Waals surface area contributed by atoms with Crippen LogP contribution in [0, 0.1) is 0 Å². The molecule has 0 aliphatic carbocycles. The molecule has 0 radical (unpaired) electrons. The van der Waals surface area contributed by atoms with Gasteiger partial charge in [-0.25, -0.2) is 13.1 Å². The van der Waals surface area contributed by atoms with Crippen molar-refractivity contribution in [2.45, 2.75) is 30.4 Å². The molecular weight excluding hydrogens is 452 g/mol. The first-order valence-corrected chi connectivity index (χ1v) is 12.1. The molecule has 1 heterocycles. The predicted octanol–water partition coefficient (Wildman–Crippen LogP) is 3.63. The predicted molar refractivity (Wildman–Crippen MR) is 124 cm³/mol. The van der Waals surface area contributed by atoms with Crippen LogP contribution in [0.4, 0.5) is 0 Å². The molecule has 1 aliphatic rings. The van der Waals surface area contributed by atoms with E-state index in [1.165, 1.54) is 23.1 Å². The third kappa shape index (κ3) is 6.32. The number of hydrogen-bond acceptors (Lipinski definition) is 5. The van der Waals surface area contributed by atoms with Crippen LogP contribution in [0.1, 0.15) is 28.8 Å². The van der Waals surface area contributed by atoms with Gasteiger partial charge < -0.3 is 14.4 Å². The Balaban J connectivity index is 1.68. The van der Waals surface area contributed by atoms with Gasteiger partial charge in [-0.05, 0) is 48.7 Å². The van der Waals surface area contributed by atoms with E-state index < -0.39 is 10.0 Å². The van der Waals surface area contributed by atoms with Crippen LogP contribution in [0.25, 0.3) is 0 Å². The van der Waals surface area contributed by atoms with Crippen LogP contribution in [0.5, 0.6) is 5.75 Å². The summed E-state index contributed by atoms with van der Waals surface area (Å²) < 4.78 is 39.0. The molecule has 1 atom stereocenters. The SMILES string of the molecule is C=CCOc1ccc(CN(C)C(=O)c2ccc(Cl)c(S(=O)(=O)NCC3CCCO3)c2)cc1. The van der Waals surface area contributed by atoms with Crippen LogP contribution in [0.3, 0.4) is 0 Å². The maximum absolute atomic E-state index is 12.9. The number of nitrogens with one attached hydrogen (secondary N) is 1. The van der Waals surface area contributed by atoms with Crippen molar-refractivity contribution in [2.24, 2.45) is 0 Å². The second kappa shape index (κ2) is 11.0. The van der Waals surface area contributed by atoms with E-state index in [9.17, 15) is 13.2 Å². The Morgan fingerprint density at radius 1 is 1.31 bits per heavy atom. The number of carbonyl (C=O) groups excluding carboxylic acids is 1. The summed E-state index contributed by atoms with van der Waals surface area (Å²) in [5, 5.41) is 0.0548. The van der Waals surface area contributed by atoms with E-state index in [0.717, 1.165) is 18.4 Å². The second-order valence-electron chi connectivity index (χ2n) is 7.54. The van der Waals surface area contributed by atoms with Gasteiger partial charge >= 0.3 is 0 Å². The summed E-state index contributed by atoms with van der Waals surface area (Å²) in [6.07, 6.45) is 3.24. The third-order valence-corrected chi connectivity index (χ3v) is 6.96. The van der Waals surface area contributed by atoms with E-state index in [-0.39, 0.29) is 34.0 Å². The van der Waals surface area contributed by atoms with E-state index in [2.05, 4.69) is 11.3 Å². The molecule has 1 unspecified atom stereocenters. The highest BCUT2D eigenvalue weighted by molar-refractivity contribution is 7.89. The Bertz CT molecular complexity index is 1050. The van der Waals surface area contributed by atoms with Gasteiger partial charge in [0.2, 0.25) is 10.0 Å². The lowest BCUT2D eigenvalue weighted by Crippen LogP contribution is -2.32. The Morgan fingerprint density at radius 3 is 2.72 bits per heavy atom. The van der Waals surface area contributed by atoms with Gasteiger partial charge in [0.25, 0.3) is 5.91 Å². The number of rotatable bonds is 10. The number of amides is 1. The summed E-state index contributed by atoms with van der Waals surface area (Å²) in [6, 6.07) is 11.6. The van der Waals surface area contributed by atoms with Gasteiger partial charge in [0, 0.05) is 32.3 Å². The third-order valence-electron chi connectivity index (χ3n) is 5.05. The normalized spacial score (nSPS) is 16.0. The van der Waals surface area contributed by atoms with Crippen LogP contribution in [-0.2, 0) is 21.3 Å². The zero-order valence-corrected chi connectivity index (χ0v) is 19.5. The zero-order chi connectivity index (χ0) is 23.1. The van der Waals surface area contributed by atoms with E-state index in [0.29, 0.717) is 25.5 Å².